The number of alkyl halides is 3. The maximum Gasteiger partial charge on any atom is 0.419 e. The normalized spacial score (nSPS) is 18.4. The second kappa shape index (κ2) is 9.41. The maximum absolute atomic E-state index is 13.9. The van der Waals surface area contributed by atoms with E-state index in [-0.39, 0.29) is 46.1 Å². The van der Waals surface area contributed by atoms with Crippen LogP contribution in [0, 0.1) is 11.6 Å². The monoisotopic (exact) mass is 542 g/mol. The van der Waals surface area contributed by atoms with Crippen LogP contribution in [0.1, 0.15) is 42.6 Å². The Morgan fingerprint density at radius 2 is 1.82 bits per heavy atom. The van der Waals surface area contributed by atoms with Crippen LogP contribution in [0.4, 0.5) is 22.0 Å². The third kappa shape index (κ3) is 5.36. The second-order valence-corrected chi connectivity index (χ2v) is 10.2. The molecule has 4 aromatic rings. The minimum Gasteiger partial charge on any atom is -0.490 e. The van der Waals surface area contributed by atoms with Gasteiger partial charge in [-0.2, -0.15) is 13.2 Å². The van der Waals surface area contributed by atoms with Gasteiger partial charge in [-0.25, -0.2) is 13.8 Å². The molecule has 1 saturated carbocycles. The molecule has 1 spiro atoms. The SMILES string of the molecule is O=c1[nH]c(Cc2ccc(-c3cc(F)cc(F)c3)nc2)nc2cc(O[C@@H]3CCNC4(CC4)C3)c(C(F)(F)F)cc12. The molecule has 11 heteroatoms. The Balaban J connectivity index is 1.29. The molecular formula is C28H23F5N4O2. The highest BCUT2D eigenvalue weighted by atomic mass is 19.4. The quantitative estimate of drug-likeness (QED) is 0.324. The van der Waals surface area contributed by atoms with Gasteiger partial charge in [0.25, 0.3) is 5.56 Å². The van der Waals surface area contributed by atoms with Crippen molar-refractivity contribution in [2.24, 2.45) is 0 Å². The number of hydrogen-bond donors (Lipinski definition) is 2. The largest absolute Gasteiger partial charge is 0.490 e. The molecule has 0 unspecified atom stereocenters. The fraction of sp³-hybridized carbons (Fsp3) is 0.321. The molecule has 1 saturated heterocycles. The van der Waals surface area contributed by atoms with Crippen LogP contribution in [0.25, 0.3) is 22.2 Å². The number of piperidine rings is 1. The van der Waals surface area contributed by atoms with Crippen LogP contribution >= 0.6 is 0 Å². The summed E-state index contributed by atoms with van der Waals surface area (Å²) < 4.78 is 74.7. The summed E-state index contributed by atoms with van der Waals surface area (Å²) in [5.41, 5.74) is -0.405. The fourth-order valence-electron chi connectivity index (χ4n) is 5.13. The van der Waals surface area contributed by atoms with E-state index in [1.165, 1.54) is 12.3 Å². The molecule has 6 rings (SSSR count). The van der Waals surface area contributed by atoms with Crippen molar-refractivity contribution in [2.45, 2.75) is 49.9 Å². The molecule has 3 heterocycles. The lowest BCUT2D eigenvalue weighted by atomic mass is 9.99. The lowest BCUT2D eigenvalue weighted by Gasteiger charge is -2.31. The second-order valence-electron chi connectivity index (χ2n) is 10.2. The lowest BCUT2D eigenvalue weighted by Crippen LogP contribution is -2.44. The number of pyridine rings is 1. The van der Waals surface area contributed by atoms with Crippen molar-refractivity contribution in [3.63, 3.8) is 0 Å². The Morgan fingerprint density at radius 1 is 1.05 bits per heavy atom. The summed E-state index contributed by atoms with van der Waals surface area (Å²) >= 11 is 0. The first-order valence-electron chi connectivity index (χ1n) is 12.5. The molecule has 2 N–H and O–H groups in total. The molecule has 0 bridgehead atoms. The number of rotatable bonds is 5. The van der Waals surface area contributed by atoms with Gasteiger partial charge in [-0.15, -0.1) is 0 Å². The van der Waals surface area contributed by atoms with E-state index in [9.17, 15) is 26.7 Å². The van der Waals surface area contributed by atoms with E-state index < -0.39 is 28.9 Å². The Labute approximate surface area is 219 Å². The van der Waals surface area contributed by atoms with Crippen molar-refractivity contribution in [1.82, 2.24) is 20.3 Å². The van der Waals surface area contributed by atoms with Crippen molar-refractivity contribution in [3.8, 4) is 17.0 Å². The third-order valence-electron chi connectivity index (χ3n) is 7.25. The van der Waals surface area contributed by atoms with Gasteiger partial charge in [-0.05, 0) is 55.6 Å². The van der Waals surface area contributed by atoms with E-state index in [1.54, 1.807) is 12.1 Å². The van der Waals surface area contributed by atoms with Gasteiger partial charge in [0, 0.05) is 42.3 Å². The van der Waals surface area contributed by atoms with E-state index >= 15 is 0 Å². The van der Waals surface area contributed by atoms with Gasteiger partial charge in [0.05, 0.1) is 22.2 Å². The van der Waals surface area contributed by atoms with Gasteiger partial charge in [-0.3, -0.25) is 9.78 Å². The van der Waals surface area contributed by atoms with Gasteiger partial charge in [0.2, 0.25) is 0 Å². The molecule has 0 radical (unpaired) electrons. The van der Waals surface area contributed by atoms with E-state index in [4.69, 9.17) is 4.74 Å². The summed E-state index contributed by atoms with van der Waals surface area (Å²) in [5, 5.41) is 3.23. The summed E-state index contributed by atoms with van der Waals surface area (Å²) in [6, 6.07) is 8.33. The minimum absolute atomic E-state index is 0.0346. The predicted octanol–water partition coefficient (Wildman–Crippen LogP) is 5.54. The smallest absolute Gasteiger partial charge is 0.419 e. The van der Waals surface area contributed by atoms with Crippen LogP contribution in [-0.2, 0) is 12.6 Å². The highest BCUT2D eigenvalue weighted by Gasteiger charge is 2.47. The molecule has 6 nitrogen and oxygen atoms in total. The number of hydrogen-bond acceptors (Lipinski definition) is 5. The molecule has 1 aliphatic heterocycles. The number of fused-ring (bicyclic) bond motifs is 1. The zero-order chi connectivity index (χ0) is 27.4. The van der Waals surface area contributed by atoms with E-state index in [2.05, 4.69) is 20.3 Å². The summed E-state index contributed by atoms with van der Waals surface area (Å²) in [6.07, 6.45) is -0.310. The standard InChI is InChI=1S/C28H23F5N4O2/c29-17-8-16(9-18(30)10-17)22-2-1-15(14-34-22)7-25-36-23-12-24(39-19-3-6-35-27(13-19)4-5-27)21(28(31,32)33)11-20(23)26(38)37-25/h1-2,8-12,14,19,35H,3-7,13H2,(H,36,37,38)/t19-/m1/s1. The number of benzene rings is 2. The zero-order valence-corrected chi connectivity index (χ0v) is 20.5. The van der Waals surface area contributed by atoms with Crippen LogP contribution in [0.15, 0.2) is 53.5 Å². The first kappa shape index (κ1) is 25.4. The average molecular weight is 543 g/mol. The number of aromatic nitrogens is 3. The van der Waals surface area contributed by atoms with Gasteiger partial charge in [0.15, 0.2) is 0 Å². The first-order valence-corrected chi connectivity index (χ1v) is 12.5. The Bertz CT molecular complexity index is 1590. The Hall–Kier alpha value is -3.86. The lowest BCUT2D eigenvalue weighted by molar-refractivity contribution is -0.139. The molecule has 2 aliphatic rings. The van der Waals surface area contributed by atoms with Gasteiger partial charge in [-0.1, -0.05) is 6.07 Å². The molecule has 2 aromatic carbocycles. The van der Waals surface area contributed by atoms with Crippen molar-refractivity contribution in [1.29, 1.82) is 0 Å². The topological polar surface area (TPSA) is 79.9 Å². The summed E-state index contributed by atoms with van der Waals surface area (Å²) in [6.45, 7) is 0.669. The highest BCUT2D eigenvalue weighted by Crippen LogP contribution is 2.44. The van der Waals surface area contributed by atoms with E-state index in [0.717, 1.165) is 37.1 Å². The van der Waals surface area contributed by atoms with Crippen molar-refractivity contribution in [3.05, 3.63) is 87.6 Å². The van der Waals surface area contributed by atoms with Gasteiger partial charge in [0.1, 0.15) is 29.3 Å². The van der Waals surface area contributed by atoms with Crippen LogP contribution < -0.4 is 15.6 Å². The highest BCUT2D eigenvalue weighted by molar-refractivity contribution is 5.81. The average Bonchev–Trinajstić information content (AvgIpc) is 3.60. The van der Waals surface area contributed by atoms with Crippen molar-refractivity contribution >= 4 is 10.9 Å². The number of nitrogens with zero attached hydrogens (tertiary/aromatic N) is 2. The minimum atomic E-state index is -4.71. The first-order chi connectivity index (χ1) is 18.6. The Morgan fingerprint density at radius 3 is 2.49 bits per heavy atom. The molecule has 1 atom stereocenters. The van der Waals surface area contributed by atoms with Crippen LogP contribution in [0.5, 0.6) is 5.75 Å². The van der Waals surface area contributed by atoms with Crippen LogP contribution in [0.2, 0.25) is 0 Å². The predicted molar refractivity (Wildman–Crippen MR) is 133 cm³/mol. The van der Waals surface area contributed by atoms with E-state index in [1.807, 2.05) is 0 Å². The van der Waals surface area contributed by atoms with Gasteiger partial charge < -0.3 is 15.0 Å². The summed E-state index contributed by atoms with van der Waals surface area (Å²) in [4.78, 5) is 24.0. The van der Waals surface area contributed by atoms with Gasteiger partial charge >= 0.3 is 6.18 Å². The molecule has 2 aromatic heterocycles. The number of ether oxygens (including phenoxy) is 1. The summed E-state index contributed by atoms with van der Waals surface area (Å²) in [7, 11) is 0. The number of halogens is 5. The van der Waals surface area contributed by atoms with Crippen LogP contribution in [0.3, 0.4) is 0 Å². The number of nitrogens with one attached hydrogen (secondary N) is 2. The molecular weight excluding hydrogens is 519 g/mol. The number of H-pyrrole nitrogens is 1. The number of aromatic amines is 1. The zero-order valence-electron chi connectivity index (χ0n) is 20.5. The van der Waals surface area contributed by atoms with E-state index in [0.29, 0.717) is 30.6 Å². The fourth-order valence-corrected chi connectivity index (χ4v) is 5.13. The summed E-state index contributed by atoms with van der Waals surface area (Å²) in [5.74, 6) is -1.56. The molecule has 39 heavy (non-hydrogen) atoms. The Kier molecular flexibility index (Phi) is 6.13. The van der Waals surface area contributed by atoms with Crippen molar-refractivity contribution < 1.29 is 26.7 Å². The molecule has 2 fully saturated rings. The maximum atomic E-state index is 13.9. The molecule has 202 valence electrons. The van der Waals surface area contributed by atoms with Crippen molar-refractivity contribution in [2.75, 3.05) is 6.54 Å². The molecule has 0 amide bonds. The van der Waals surface area contributed by atoms with Crippen LogP contribution in [-0.4, -0.2) is 33.1 Å². The molecule has 1 aliphatic carbocycles. The third-order valence-corrected chi connectivity index (χ3v) is 7.25.